The van der Waals surface area contributed by atoms with E-state index < -0.39 is 20.5 Å². The highest BCUT2D eigenvalue weighted by Gasteiger charge is 2.30. The molecule has 0 saturated carbocycles. The SMILES string of the molecule is CCC(C)(CCO)NS(=O)(=O)c1cc([N+](=O)[O-])ccc1C. The summed E-state index contributed by atoms with van der Waals surface area (Å²) in [7, 11) is -3.90. The first-order valence-electron chi connectivity index (χ1n) is 6.55. The fraction of sp³-hybridized carbons (Fsp3) is 0.538. The van der Waals surface area contributed by atoms with Crippen molar-refractivity contribution >= 4 is 15.7 Å². The van der Waals surface area contributed by atoms with Gasteiger partial charge in [-0.25, -0.2) is 13.1 Å². The number of aliphatic hydroxyl groups excluding tert-OH is 1. The maximum atomic E-state index is 12.5. The Balaban J connectivity index is 3.25. The van der Waals surface area contributed by atoms with Crippen molar-refractivity contribution in [1.82, 2.24) is 4.72 Å². The van der Waals surface area contributed by atoms with Crippen LogP contribution in [0.3, 0.4) is 0 Å². The number of nitrogens with one attached hydrogen (secondary N) is 1. The quantitative estimate of drug-likeness (QED) is 0.588. The number of nitro groups is 1. The smallest absolute Gasteiger partial charge is 0.270 e. The molecule has 0 bridgehead atoms. The summed E-state index contributed by atoms with van der Waals surface area (Å²) >= 11 is 0. The van der Waals surface area contributed by atoms with Gasteiger partial charge in [0.1, 0.15) is 0 Å². The van der Waals surface area contributed by atoms with Gasteiger partial charge in [-0.15, -0.1) is 0 Å². The summed E-state index contributed by atoms with van der Waals surface area (Å²) in [6.45, 7) is 4.92. The minimum atomic E-state index is -3.90. The Labute approximate surface area is 124 Å². The van der Waals surface area contributed by atoms with Gasteiger partial charge in [-0.3, -0.25) is 10.1 Å². The zero-order valence-corrected chi connectivity index (χ0v) is 13.1. The standard InChI is InChI=1S/C13H20N2O5S/c1-4-13(3,7-8-16)14-21(19,20)12-9-11(15(17)18)6-5-10(12)2/h5-6,9,14,16H,4,7-8H2,1-3H3. The van der Waals surface area contributed by atoms with Crippen molar-refractivity contribution in [3.05, 3.63) is 33.9 Å². The van der Waals surface area contributed by atoms with Gasteiger partial charge in [-0.2, -0.15) is 0 Å². The van der Waals surface area contributed by atoms with Gasteiger partial charge < -0.3 is 5.11 Å². The van der Waals surface area contributed by atoms with Crippen molar-refractivity contribution in [3.63, 3.8) is 0 Å². The lowest BCUT2D eigenvalue weighted by Crippen LogP contribution is -2.46. The highest BCUT2D eigenvalue weighted by molar-refractivity contribution is 7.89. The molecule has 0 amide bonds. The van der Waals surface area contributed by atoms with E-state index in [2.05, 4.69) is 4.72 Å². The van der Waals surface area contributed by atoms with Gasteiger partial charge in [0, 0.05) is 24.3 Å². The van der Waals surface area contributed by atoms with E-state index in [-0.39, 0.29) is 23.6 Å². The third-order valence-corrected chi connectivity index (χ3v) is 5.28. The Hall–Kier alpha value is -1.51. The van der Waals surface area contributed by atoms with Crippen molar-refractivity contribution in [3.8, 4) is 0 Å². The zero-order chi connectivity index (χ0) is 16.3. The summed E-state index contributed by atoms with van der Waals surface area (Å²) in [5, 5.41) is 19.8. The molecule has 0 aromatic heterocycles. The highest BCUT2D eigenvalue weighted by Crippen LogP contribution is 2.24. The molecule has 7 nitrogen and oxygen atoms in total. The van der Waals surface area contributed by atoms with Crippen LogP contribution in [0.5, 0.6) is 0 Å². The molecule has 0 aliphatic rings. The van der Waals surface area contributed by atoms with Gasteiger partial charge >= 0.3 is 0 Å². The number of hydrogen-bond acceptors (Lipinski definition) is 5. The van der Waals surface area contributed by atoms with E-state index in [0.717, 1.165) is 6.07 Å². The van der Waals surface area contributed by atoms with Gasteiger partial charge in [-0.1, -0.05) is 13.0 Å². The monoisotopic (exact) mass is 316 g/mol. The van der Waals surface area contributed by atoms with Gasteiger partial charge in [0.2, 0.25) is 10.0 Å². The predicted molar refractivity (Wildman–Crippen MR) is 78.6 cm³/mol. The Kier molecular flexibility index (Phi) is 5.43. The van der Waals surface area contributed by atoms with Crippen LogP contribution in [0.2, 0.25) is 0 Å². The lowest BCUT2D eigenvalue weighted by molar-refractivity contribution is -0.385. The van der Waals surface area contributed by atoms with E-state index in [0.29, 0.717) is 12.0 Å². The van der Waals surface area contributed by atoms with Crippen LogP contribution in [0.1, 0.15) is 32.3 Å². The van der Waals surface area contributed by atoms with E-state index in [1.165, 1.54) is 12.1 Å². The predicted octanol–water partition coefficient (Wildman–Crippen LogP) is 1.73. The summed E-state index contributed by atoms with van der Waals surface area (Å²) in [4.78, 5) is 10.0. The van der Waals surface area contributed by atoms with Crippen LogP contribution in [0.15, 0.2) is 23.1 Å². The van der Waals surface area contributed by atoms with Crippen molar-refractivity contribution < 1.29 is 18.4 Å². The molecule has 8 heteroatoms. The Morgan fingerprint density at radius 3 is 2.52 bits per heavy atom. The molecule has 21 heavy (non-hydrogen) atoms. The average molecular weight is 316 g/mol. The van der Waals surface area contributed by atoms with Crippen LogP contribution in [-0.2, 0) is 10.0 Å². The van der Waals surface area contributed by atoms with Crippen molar-refractivity contribution in [2.75, 3.05) is 6.61 Å². The highest BCUT2D eigenvalue weighted by atomic mass is 32.2. The topological polar surface area (TPSA) is 110 Å². The Bertz CT molecular complexity index is 629. The molecular weight excluding hydrogens is 296 g/mol. The summed E-state index contributed by atoms with van der Waals surface area (Å²) in [5.41, 5.74) is -0.651. The van der Waals surface area contributed by atoms with Crippen LogP contribution in [-0.4, -0.2) is 30.6 Å². The molecule has 0 radical (unpaired) electrons. The number of hydrogen-bond donors (Lipinski definition) is 2. The van der Waals surface area contributed by atoms with Gasteiger partial charge in [0.05, 0.1) is 9.82 Å². The first-order chi connectivity index (χ1) is 9.65. The third-order valence-electron chi connectivity index (χ3n) is 3.50. The normalized spacial score (nSPS) is 14.7. The molecule has 0 aliphatic heterocycles. The summed E-state index contributed by atoms with van der Waals surface area (Å²) in [6, 6.07) is 3.72. The number of non-ortho nitro benzene ring substituents is 1. The molecule has 0 heterocycles. The second-order valence-electron chi connectivity index (χ2n) is 5.20. The lowest BCUT2D eigenvalue weighted by Gasteiger charge is -2.28. The molecule has 1 unspecified atom stereocenters. The van der Waals surface area contributed by atoms with E-state index in [9.17, 15) is 18.5 Å². The largest absolute Gasteiger partial charge is 0.396 e. The number of sulfonamides is 1. The van der Waals surface area contributed by atoms with Crippen molar-refractivity contribution in [2.45, 2.75) is 44.0 Å². The molecule has 2 N–H and O–H groups in total. The maximum absolute atomic E-state index is 12.5. The number of benzene rings is 1. The molecule has 1 aromatic rings. The van der Waals surface area contributed by atoms with E-state index in [4.69, 9.17) is 5.11 Å². The van der Waals surface area contributed by atoms with E-state index in [1.54, 1.807) is 20.8 Å². The van der Waals surface area contributed by atoms with Crippen LogP contribution in [0, 0.1) is 17.0 Å². The number of nitro benzene ring substituents is 1. The third kappa shape index (κ3) is 4.23. The molecular formula is C13H20N2O5S. The molecule has 1 atom stereocenters. The first kappa shape index (κ1) is 17.5. The van der Waals surface area contributed by atoms with Crippen LogP contribution in [0.25, 0.3) is 0 Å². The molecule has 0 aliphatic carbocycles. The van der Waals surface area contributed by atoms with E-state index >= 15 is 0 Å². The molecule has 1 aromatic carbocycles. The van der Waals surface area contributed by atoms with Gasteiger partial charge in [0.25, 0.3) is 5.69 Å². The zero-order valence-electron chi connectivity index (χ0n) is 12.3. The van der Waals surface area contributed by atoms with Gasteiger partial charge in [-0.05, 0) is 32.3 Å². The summed E-state index contributed by atoms with van der Waals surface area (Å²) in [5.74, 6) is 0. The number of aliphatic hydroxyl groups is 1. The van der Waals surface area contributed by atoms with Crippen molar-refractivity contribution in [2.24, 2.45) is 0 Å². The second-order valence-corrected chi connectivity index (χ2v) is 6.85. The minimum Gasteiger partial charge on any atom is -0.396 e. The second kappa shape index (κ2) is 6.50. The molecule has 0 spiro atoms. The fourth-order valence-electron chi connectivity index (χ4n) is 1.92. The summed E-state index contributed by atoms with van der Waals surface area (Å²) < 4.78 is 27.5. The number of nitrogens with zero attached hydrogens (tertiary/aromatic N) is 1. The van der Waals surface area contributed by atoms with E-state index in [1.807, 2.05) is 0 Å². The Morgan fingerprint density at radius 1 is 1.43 bits per heavy atom. The molecule has 1 rings (SSSR count). The maximum Gasteiger partial charge on any atom is 0.270 e. The van der Waals surface area contributed by atoms with Gasteiger partial charge in [0.15, 0.2) is 0 Å². The van der Waals surface area contributed by atoms with Crippen LogP contribution in [0.4, 0.5) is 5.69 Å². The minimum absolute atomic E-state index is 0.116. The number of rotatable bonds is 7. The van der Waals surface area contributed by atoms with Crippen LogP contribution < -0.4 is 4.72 Å². The van der Waals surface area contributed by atoms with Crippen molar-refractivity contribution in [1.29, 1.82) is 0 Å². The first-order valence-corrected chi connectivity index (χ1v) is 8.03. The summed E-state index contributed by atoms with van der Waals surface area (Å²) in [6.07, 6.45) is 0.747. The number of aryl methyl sites for hydroxylation is 1. The lowest BCUT2D eigenvalue weighted by atomic mass is 9.97. The molecule has 0 saturated heterocycles. The van der Waals surface area contributed by atoms with Crippen LogP contribution >= 0.6 is 0 Å². The fourth-order valence-corrected chi connectivity index (χ4v) is 3.69. The average Bonchev–Trinajstić information content (AvgIpc) is 2.38. The molecule has 118 valence electrons. The molecule has 0 fully saturated rings. The Morgan fingerprint density at radius 2 is 2.05 bits per heavy atom.